The molecule has 0 aliphatic heterocycles. The van der Waals surface area contributed by atoms with Crippen LogP contribution in [0, 0.1) is 0 Å². The first kappa shape index (κ1) is 10.7. The van der Waals surface area contributed by atoms with E-state index < -0.39 is 5.97 Å². The molecule has 0 aliphatic rings. The molecule has 0 atom stereocenters. The summed E-state index contributed by atoms with van der Waals surface area (Å²) in [5.74, 6) is -0.181. The van der Waals surface area contributed by atoms with Gasteiger partial charge in [-0.15, -0.1) is 0 Å². The Morgan fingerprint density at radius 2 is 2.36 bits per heavy atom. The van der Waals surface area contributed by atoms with Gasteiger partial charge in [-0.3, -0.25) is 0 Å². The van der Waals surface area contributed by atoms with Crippen molar-refractivity contribution in [2.75, 3.05) is 7.11 Å². The number of methoxy groups -OCH3 is 1. The first-order valence-electron chi connectivity index (χ1n) is 3.92. The Balaban J connectivity index is 2.63. The summed E-state index contributed by atoms with van der Waals surface area (Å²) in [6.07, 6.45) is 1.10. The van der Waals surface area contributed by atoms with E-state index in [9.17, 15) is 4.79 Å². The molecule has 0 aliphatic carbocycles. The molecule has 0 unspecified atom stereocenters. The maximum Gasteiger partial charge on any atom is 0.328 e. The Morgan fingerprint density at radius 1 is 1.57 bits per heavy atom. The standard InChI is InChI=1S/C10H10O3S/c1-13-8-3-2-4-9(7-8)14-6-5-10(11)12/h2-7H,1H3,(H,11,12)/b6-5+. The minimum Gasteiger partial charge on any atom is -0.497 e. The molecule has 1 rings (SSSR count). The van der Waals surface area contributed by atoms with E-state index in [4.69, 9.17) is 9.84 Å². The van der Waals surface area contributed by atoms with Crippen molar-refractivity contribution in [1.29, 1.82) is 0 Å². The van der Waals surface area contributed by atoms with Crippen LogP contribution in [-0.4, -0.2) is 18.2 Å². The van der Waals surface area contributed by atoms with Gasteiger partial charge < -0.3 is 9.84 Å². The van der Waals surface area contributed by atoms with Crippen LogP contribution in [0.25, 0.3) is 0 Å². The topological polar surface area (TPSA) is 46.5 Å². The second kappa shape index (κ2) is 5.34. The van der Waals surface area contributed by atoms with Gasteiger partial charge in [0.05, 0.1) is 7.11 Å². The number of rotatable bonds is 4. The normalized spacial score (nSPS) is 10.4. The van der Waals surface area contributed by atoms with Crippen molar-refractivity contribution in [2.24, 2.45) is 0 Å². The molecule has 0 bridgehead atoms. The fourth-order valence-electron chi connectivity index (χ4n) is 0.845. The van der Waals surface area contributed by atoms with E-state index in [0.717, 1.165) is 16.7 Å². The maximum atomic E-state index is 10.2. The SMILES string of the molecule is COc1cccc(S/C=C/C(=O)O)c1. The van der Waals surface area contributed by atoms with E-state index in [1.165, 1.54) is 17.2 Å². The van der Waals surface area contributed by atoms with Crippen LogP contribution >= 0.6 is 11.8 Å². The van der Waals surface area contributed by atoms with Crippen molar-refractivity contribution in [1.82, 2.24) is 0 Å². The smallest absolute Gasteiger partial charge is 0.328 e. The second-order valence-electron chi connectivity index (χ2n) is 2.44. The van der Waals surface area contributed by atoms with Crippen LogP contribution in [0.15, 0.2) is 40.6 Å². The van der Waals surface area contributed by atoms with Gasteiger partial charge in [-0.25, -0.2) is 4.79 Å². The minimum atomic E-state index is -0.944. The molecule has 0 radical (unpaired) electrons. The number of aliphatic carboxylic acids is 1. The van der Waals surface area contributed by atoms with Gasteiger partial charge in [0, 0.05) is 11.0 Å². The average molecular weight is 210 g/mol. The van der Waals surface area contributed by atoms with Crippen LogP contribution in [0.2, 0.25) is 0 Å². The van der Waals surface area contributed by atoms with Crippen molar-refractivity contribution in [3.8, 4) is 5.75 Å². The third-order valence-corrected chi connectivity index (χ3v) is 2.25. The van der Waals surface area contributed by atoms with E-state index in [-0.39, 0.29) is 0 Å². The number of carbonyl (C=O) groups is 1. The van der Waals surface area contributed by atoms with E-state index in [0.29, 0.717) is 0 Å². The Hall–Kier alpha value is -1.42. The van der Waals surface area contributed by atoms with E-state index >= 15 is 0 Å². The van der Waals surface area contributed by atoms with Crippen LogP contribution in [0.3, 0.4) is 0 Å². The number of carboxylic acids is 1. The Morgan fingerprint density at radius 3 is 3.00 bits per heavy atom. The highest BCUT2D eigenvalue weighted by molar-refractivity contribution is 8.02. The molecule has 3 nitrogen and oxygen atoms in total. The molecular weight excluding hydrogens is 200 g/mol. The van der Waals surface area contributed by atoms with Crippen molar-refractivity contribution < 1.29 is 14.6 Å². The van der Waals surface area contributed by atoms with Crippen LogP contribution in [0.4, 0.5) is 0 Å². The molecule has 1 N–H and O–H groups in total. The van der Waals surface area contributed by atoms with Gasteiger partial charge in [0.1, 0.15) is 5.75 Å². The molecule has 0 aromatic heterocycles. The summed E-state index contributed by atoms with van der Waals surface area (Å²) in [4.78, 5) is 11.1. The molecule has 0 saturated carbocycles. The fraction of sp³-hybridized carbons (Fsp3) is 0.100. The molecule has 0 fully saturated rings. The van der Waals surface area contributed by atoms with Crippen molar-refractivity contribution in [3.63, 3.8) is 0 Å². The molecule has 1 aromatic rings. The van der Waals surface area contributed by atoms with Gasteiger partial charge in [-0.1, -0.05) is 17.8 Å². The highest BCUT2D eigenvalue weighted by atomic mass is 32.2. The highest BCUT2D eigenvalue weighted by Gasteiger charge is 1.94. The lowest BCUT2D eigenvalue weighted by atomic mass is 10.3. The Bertz CT molecular complexity index is 347. The first-order valence-corrected chi connectivity index (χ1v) is 4.80. The molecule has 74 valence electrons. The van der Waals surface area contributed by atoms with Gasteiger partial charge in [0.15, 0.2) is 0 Å². The number of hydrogen-bond acceptors (Lipinski definition) is 3. The molecule has 0 spiro atoms. The predicted octanol–water partition coefficient (Wildman–Crippen LogP) is 2.39. The van der Waals surface area contributed by atoms with Crippen LogP contribution in [0.1, 0.15) is 0 Å². The first-order chi connectivity index (χ1) is 6.72. The van der Waals surface area contributed by atoms with Gasteiger partial charge in [-0.05, 0) is 23.6 Å². The zero-order valence-corrected chi connectivity index (χ0v) is 8.45. The largest absolute Gasteiger partial charge is 0.497 e. The molecule has 1 aromatic carbocycles. The number of ether oxygens (including phenoxy) is 1. The molecule has 0 heterocycles. The predicted molar refractivity (Wildman–Crippen MR) is 55.6 cm³/mol. The molecule has 4 heteroatoms. The average Bonchev–Trinajstić information content (AvgIpc) is 2.18. The minimum absolute atomic E-state index is 0.763. The zero-order valence-electron chi connectivity index (χ0n) is 7.64. The van der Waals surface area contributed by atoms with Gasteiger partial charge in [0.25, 0.3) is 0 Å². The summed E-state index contributed by atoms with van der Waals surface area (Å²) >= 11 is 1.34. The lowest BCUT2D eigenvalue weighted by Crippen LogP contribution is -1.84. The summed E-state index contributed by atoms with van der Waals surface area (Å²) in [6, 6.07) is 7.43. The monoisotopic (exact) mass is 210 g/mol. The summed E-state index contributed by atoms with van der Waals surface area (Å²) in [5, 5.41) is 9.89. The third kappa shape index (κ3) is 3.53. The molecule has 0 amide bonds. The summed E-state index contributed by atoms with van der Waals surface area (Å²) < 4.78 is 5.03. The molecule has 14 heavy (non-hydrogen) atoms. The van der Waals surface area contributed by atoms with E-state index in [1.807, 2.05) is 24.3 Å². The van der Waals surface area contributed by atoms with Gasteiger partial charge >= 0.3 is 5.97 Å². The van der Waals surface area contributed by atoms with Crippen LogP contribution in [-0.2, 0) is 4.79 Å². The zero-order chi connectivity index (χ0) is 10.4. The van der Waals surface area contributed by atoms with Crippen molar-refractivity contribution >= 4 is 17.7 Å². The van der Waals surface area contributed by atoms with Crippen molar-refractivity contribution in [2.45, 2.75) is 4.90 Å². The van der Waals surface area contributed by atoms with Gasteiger partial charge in [0.2, 0.25) is 0 Å². The van der Waals surface area contributed by atoms with Crippen LogP contribution in [0.5, 0.6) is 5.75 Å². The lowest BCUT2D eigenvalue weighted by Gasteiger charge is -2.00. The summed E-state index contributed by atoms with van der Waals surface area (Å²) in [7, 11) is 1.59. The molecular formula is C10H10O3S. The van der Waals surface area contributed by atoms with Gasteiger partial charge in [-0.2, -0.15) is 0 Å². The van der Waals surface area contributed by atoms with E-state index in [1.54, 1.807) is 7.11 Å². The summed E-state index contributed by atoms with van der Waals surface area (Å²) in [5.41, 5.74) is 0. The number of hydrogen-bond donors (Lipinski definition) is 1. The number of carboxylic acid groups (broad SMARTS) is 1. The Labute approximate surface area is 86.4 Å². The summed E-state index contributed by atoms with van der Waals surface area (Å²) in [6.45, 7) is 0. The second-order valence-corrected chi connectivity index (χ2v) is 3.42. The maximum absolute atomic E-state index is 10.2. The van der Waals surface area contributed by atoms with Crippen LogP contribution < -0.4 is 4.74 Å². The number of benzene rings is 1. The highest BCUT2D eigenvalue weighted by Crippen LogP contribution is 2.23. The quantitative estimate of drug-likeness (QED) is 0.612. The molecule has 0 saturated heterocycles. The third-order valence-electron chi connectivity index (χ3n) is 1.46. The Kier molecular flexibility index (Phi) is 4.07. The van der Waals surface area contributed by atoms with Crippen molar-refractivity contribution in [3.05, 3.63) is 35.7 Å². The number of thioether (sulfide) groups is 1. The fourth-order valence-corrected chi connectivity index (χ4v) is 1.53. The lowest BCUT2D eigenvalue weighted by molar-refractivity contribution is -0.131. The van der Waals surface area contributed by atoms with E-state index in [2.05, 4.69) is 0 Å².